The van der Waals surface area contributed by atoms with E-state index in [-0.39, 0.29) is 11.5 Å². The fourth-order valence-corrected chi connectivity index (χ4v) is 2.58. The SMILES string of the molecule is CC(OC(=O)c1cc(F)ccc1Br)C(=O)N(C)Cc1ccccc1. The predicted octanol–water partition coefficient (Wildman–Crippen LogP) is 3.79. The maximum absolute atomic E-state index is 13.3. The molecule has 0 saturated carbocycles. The Labute approximate surface area is 148 Å². The second-order valence-corrected chi connectivity index (χ2v) is 6.21. The highest BCUT2D eigenvalue weighted by Crippen LogP contribution is 2.19. The number of hydrogen-bond donors (Lipinski definition) is 0. The molecule has 2 aromatic rings. The van der Waals surface area contributed by atoms with Gasteiger partial charge in [-0.25, -0.2) is 9.18 Å². The zero-order valence-electron chi connectivity index (χ0n) is 13.3. The molecule has 1 unspecified atom stereocenters. The summed E-state index contributed by atoms with van der Waals surface area (Å²) in [5.41, 5.74) is 1.01. The molecular formula is C18H17BrFNO3. The Morgan fingerprint density at radius 2 is 1.88 bits per heavy atom. The molecule has 0 aromatic heterocycles. The van der Waals surface area contributed by atoms with Crippen molar-refractivity contribution in [2.75, 3.05) is 7.05 Å². The van der Waals surface area contributed by atoms with E-state index in [1.54, 1.807) is 7.05 Å². The van der Waals surface area contributed by atoms with Crippen molar-refractivity contribution in [2.45, 2.75) is 19.6 Å². The molecule has 0 N–H and O–H groups in total. The number of nitrogens with zero attached hydrogens (tertiary/aromatic N) is 1. The molecule has 0 fully saturated rings. The van der Waals surface area contributed by atoms with E-state index in [1.165, 1.54) is 24.0 Å². The van der Waals surface area contributed by atoms with Gasteiger partial charge < -0.3 is 9.64 Å². The summed E-state index contributed by atoms with van der Waals surface area (Å²) in [4.78, 5) is 25.9. The van der Waals surface area contributed by atoms with Gasteiger partial charge in [0.15, 0.2) is 6.10 Å². The molecule has 0 bridgehead atoms. The first kappa shape index (κ1) is 18.1. The van der Waals surface area contributed by atoms with Crippen LogP contribution in [-0.2, 0) is 16.1 Å². The van der Waals surface area contributed by atoms with Crippen molar-refractivity contribution in [3.8, 4) is 0 Å². The van der Waals surface area contributed by atoms with Crippen molar-refractivity contribution in [2.24, 2.45) is 0 Å². The number of amides is 1. The molecule has 4 nitrogen and oxygen atoms in total. The van der Waals surface area contributed by atoms with Crippen LogP contribution < -0.4 is 0 Å². The van der Waals surface area contributed by atoms with Crippen LogP contribution >= 0.6 is 15.9 Å². The Morgan fingerprint density at radius 1 is 1.21 bits per heavy atom. The summed E-state index contributed by atoms with van der Waals surface area (Å²) >= 11 is 3.17. The van der Waals surface area contributed by atoms with E-state index in [0.717, 1.165) is 11.6 Å². The number of halogens is 2. The number of benzene rings is 2. The number of carbonyl (C=O) groups is 2. The minimum absolute atomic E-state index is 0.0420. The van der Waals surface area contributed by atoms with E-state index in [9.17, 15) is 14.0 Å². The van der Waals surface area contributed by atoms with Gasteiger partial charge in [0.1, 0.15) is 5.82 Å². The molecule has 0 aliphatic carbocycles. The van der Waals surface area contributed by atoms with Gasteiger partial charge in [-0.05, 0) is 46.6 Å². The van der Waals surface area contributed by atoms with Crippen LogP contribution in [0.5, 0.6) is 0 Å². The summed E-state index contributed by atoms with van der Waals surface area (Å²) in [6.07, 6.45) is -0.971. The molecule has 24 heavy (non-hydrogen) atoms. The molecule has 126 valence electrons. The zero-order chi connectivity index (χ0) is 17.7. The first-order valence-electron chi connectivity index (χ1n) is 7.33. The first-order valence-corrected chi connectivity index (χ1v) is 8.12. The van der Waals surface area contributed by atoms with Crippen LogP contribution in [0.3, 0.4) is 0 Å². The third-order valence-electron chi connectivity index (χ3n) is 3.42. The van der Waals surface area contributed by atoms with Crippen molar-refractivity contribution in [1.29, 1.82) is 0 Å². The standard InChI is InChI=1S/C18H17BrFNO3/c1-12(17(22)21(2)11-13-6-4-3-5-7-13)24-18(23)15-10-14(20)8-9-16(15)19/h3-10,12H,11H2,1-2H3. The van der Waals surface area contributed by atoms with Crippen LogP contribution in [0.2, 0.25) is 0 Å². The third kappa shape index (κ3) is 4.64. The lowest BCUT2D eigenvalue weighted by Gasteiger charge is -2.21. The largest absolute Gasteiger partial charge is 0.449 e. The van der Waals surface area contributed by atoms with Crippen LogP contribution in [0.15, 0.2) is 53.0 Å². The van der Waals surface area contributed by atoms with Gasteiger partial charge in [0.25, 0.3) is 5.91 Å². The Balaban J connectivity index is 2.00. The molecule has 0 heterocycles. The van der Waals surface area contributed by atoms with Gasteiger partial charge in [0, 0.05) is 18.1 Å². The minimum Gasteiger partial charge on any atom is -0.449 e. The van der Waals surface area contributed by atoms with E-state index in [0.29, 0.717) is 11.0 Å². The lowest BCUT2D eigenvalue weighted by molar-refractivity contribution is -0.139. The minimum atomic E-state index is -0.971. The molecule has 1 amide bonds. The van der Waals surface area contributed by atoms with Gasteiger partial charge in [-0.15, -0.1) is 0 Å². The van der Waals surface area contributed by atoms with E-state index in [2.05, 4.69) is 15.9 Å². The highest BCUT2D eigenvalue weighted by Gasteiger charge is 2.23. The quantitative estimate of drug-likeness (QED) is 0.725. The van der Waals surface area contributed by atoms with Crippen molar-refractivity contribution in [1.82, 2.24) is 4.90 Å². The monoisotopic (exact) mass is 393 g/mol. The molecule has 0 spiro atoms. The van der Waals surface area contributed by atoms with Crippen LogP contribution in [-0.4, -0.2) is 29.9 Å². The molecule has 2 aromatic carbocycles. The van der Waals surface area contributed by atoms with Crippen LogP contribution in [0.1, 0.15) is 22.8 Å². The Kier molecular flexibility index (Phi) is 6.09. The van der Waals surface area contributed by atoms with Crippen LogP contribution in [0.4, 0.5) is 4.39 Å². The second-order valence-electron chi connectivity index (χ2n) is 5.35. The maximum Gasteiger partial charge on any atom is 0.340 e. The first-order chi connectivity index (χ1) is 11.4. The average Bonchev–Trinajstić information content (AvgIpc) is 2.57. The lowest BCUT2D eigenvalue weighted by atomic mass is 10.2. The number of rotatable bonds is 5. The number of hydrogen-bond acceptors (Lipinski definition) is 3. The number of carbonyl (C=O) groups excluding carboxylic acids is 2. The van der Waals surface area contributed by atoms with Gasteiger partial charge in [0.05, 0.1) is 5.56 Å². The number of ether oxygens (including phenoxy) is 1. The smallest absolute Gasteiger partial charge is 0.340 e. The van der Waals surface area contributed by atoms with E-state index < -0.39 is 17.9 Å². The Morgan fingerprint density at radius 3 is 2.54 bits per heavy atom. The normalized spacial score (nSPS) is 11.7. The fraction of sp³-hybridized carbons (Fsp3) is 0.222. The highest BCUT2D eigenvalue weighted by molar-refractivity contribution is 9.10. The Bertz CT molecular complexity index is 736. The lowest BCUT2D eigenvalue weighted by Crippen LogP contribution is -2.37. The summed E-state index contributed by atoms with van der Waals surface area (Å²) in [6, 6.07) is 13.2. The molecule has 2 rings (SSSR count). The highest BCUT2D eigenvalue weighted by atomic mass is 79.9. The van der Waals surface area contributed by atoms with Gasteiger partial charge in [-0.3, -0.25) is 4.79 Å². The van der Waals surface area contributed by atoms with Crippen molar-refractivity contribution >= 4 is 27.8 Å². The average molecular weight is 394 g/mol. The predicted molar refractivity (Wildman–Crippen MR) is 91.9 cm³/mol. The van der Waals surface area contributed by atoms with E-state index in [1.807, 2.05) is 30.3 Å². The van der Waals surface area contributed by atoms with Gasteiger partial charge >= 0.3 is 5.97 Å². The summed E-state index contributed by atoms with van der Waals surface area (Å²) in [5, 5.41) is 0. The number of likely N-dealkylation sites (N-methyl/N-ethyl adjacent to an activating group) is 1. The summed E-state index contributed by atoms with van der Waals surface area (Å²) in [5.74, 6) is -1.64. The molecule has 1 atom stereocenters. The topological polar surface area (TPSA) is 46.6 Å². The van der Waals surface area contributed by atoms with Crippen LogP contribution in [0.25, 0.3) is 0 Å². The summed E-state index contributed by atoms with van der Waals surface area (Å²) < 4.78 is 18.8. The van der Waals surface area contributed by atoms with Gasteiger partial charge in [-0.2, -0.15) is 0 Å². The molecule has 0 aliphatic rings. The third-order valence-corrected chi connectivity index (χ3v) is 4.11. The summed E-state index contributed by atoms with van der Waals surface area (Å²) in [6.45, 7) is 1.90. The Hall–Kier alpha value is -2.21. The van der Waals surface area contributed by atoms with Gasteiger partial charge in [0.2, 0.25) is 0 Å². The zero-order valence-corrected chi connectivity index (χ0v) is 14.9. The summed E-state index contributed by atoms with van der Waals surface area (Å²) in [7, 11) is 1.64. The fourth-order valence-electron chi connectivity index (χ4n) is 2.17. The van der Waals surface area contributed by atoms with Crippen molar-refractivity contribution in [3.63, 3.8) is 0 Å². The van der Waals surface area contributed by atoms with E-state index >= 15 is 0 Å². The van der Waals surface area contributed by atoms with Crippen molar-refractivity contribution < 1.29 is 18.7 Å². The maximum atomic E-state index is 13.3. The number of esters is 1. The second kappa shape index (κ2) is 8.06. The molecular weight excluding hydrogens is 377 g/mol. The molecule has 6 heteroatoms. The van der Waals surface area contributed by atoms with Crippen molar-refractivity contribution in [3.05, 3.63) is 69.9 Å². The molecule has 0 saturated heterocycles. The van der Waals surface area contributed by atoms with Crippen LogP contribution in [0, 0.1) is 5.82 Å². The molecule has 0 aliphatic heterocycles. The van der Waals surface area contributed by atoms with E-state index in [4.69, 9.17) is 4.74 Å². The van der Waals surface area contributed by atoms with Gasteiger partial charge in [-0.1, -0.05) is 30.3 Å². The molecule has 0 radical (unpaired) electrons.